The van der Waals surface area contributed by atoms with E-state index in [1.165, 1.54) is 0 Å². The van der Waals surface area contributed by atoms with E-state index in [-0.39, 0.29) is 12.3 Å². The Morgan fingerprint density at radius 2 is 1.79 bits per heavy atom. The summed E-state index contributed by atoms with van der Waals surface area (Å²) >= 11 is 6.66. The van der Waals surface area contributed by atoms with Crippen molar-refractivity contribution in [1.29, 1.82) is 0 Å². The minimum absolute atomic E-state index is 0.250. The van der Waals surface area contributed by atoms with Crippen molar-refractivity contribution in [3.05, 3.63) is 62.5 Å². The van der Waals surface area contributed by atoms with E-state index in [2.05, 4.69) is 37.2 Å². The Kier molecular flexibility index (Phi) is 6.39. The van der Waals surface area contributed by atoms with Crippen molar-refractivity contribution >= 4 is 43.7 Å². The van der Waals surface area contributed by atoms with Gasteiger partial charge in [0.25, 0.3) is 5.91 Å². The van der Waals surface area contributed by atoms with Gasteiger partial charge in [-0.25, -0.2) is 0 Å². The summed E-state index contributed by atoms with van der Waals surface area (Å²) in [5.74, 6) is -0.345. The summed E-state index contributed by atoms with van der Waals surface area (Å²) in [6.45, 7) is 0. The van der Waals surface area contributed by atoms with Crippen LogP contribution in [0.1, 0.15) is 15.9 Å². The van der Waals surface area contributed by atoms with Gasteiger partial charge in [-0.15, -0.1) is 0 Å². The molecule has 2 amide bonds. The number of halogens is 2. The third kappa shape index (κ3) is 4.82. The number of carbonyl (C=O) groups is 2. The predicted octanol–water partition coefficient (Wildman–Crippen LogP) is 3.05. The van der Waals surface area contributed by atoms with E-state index in [0.717, 1.165) is 14.5 Å². The number of nitrogens with two attached hydrogens (primary N) is 1. The quantitative estimate of drug-likeness (QED) is 0.702. The van der Waals surface area contributed by atoms with E-state index in [1.54, 1.807) is 25.3 Å². The Hall–Kier alpha value is -1.86. The van der Waals surface area contributed by atoms with E-state index in [0.29, 0.717) is 11.3 Å². The number of primary amides is 1. The molecule has 2 rings (SSSR count). The van der Waals surface area contributed by atoms with Gasteiger partial charge in [-0.3, -0.25) is 9.59 Å². The van der Waals surface area contributed by atoms with Crippen LogP contribution in [0.4, 0.5) is 0 Å². The summed E-state index contributed by atoms with van der Waals surface area (Å²) in [5.41, 5.74) is 6.66. The van der Waals surface area contributed by atoms with Gasteiger partial charge < -0.3 is 15.8 Å². The Bertz CT molecular complexity index is 745. The number of methoxy groups -OCH3 is 1. The molecule has 126 valence electrons. The second-order valence-corrected chi connectivity index (χ2v) is 6.93. The monoisotopic (exact) mass is 454 g/mol. The molecular weight excluding hydrogens is 440 g/mol. The van der Waals surface area contributed by atoms with E-state index in [4.69, 9.17) is 10.5 Å². The van der Waals surface area contributed by atoms with Crippen LogP contribution < -0.4 is 15.8 Å². The number of ether oxygens (including phenoxy) is 1. The van der Waals surface area contributed by atoms with Crippen LogP contribution in [0.3, 0.4) is 0 Å². The molecule has 0 radical (unpaired) electrons. The molecular formula is C17H16Br2N2O3. The highest BCUT2D eigenvalue weighted by Crippen LogP contribution is 2.21. The summed E-state index contributed by atoms with van der Waals surface area (Å²) in [6.07, 6.45) is 0.250. The molecule has 2 aromatic rings. The summed E-state index contributed by atoms with van der Waals surface area (Å²) in [4.78, 5) is 24.2. The number of amides is 2. The van der Waals surface area contributed by atoms with Crippen molar-refractivity contribution in [1.82, 2.24) is 5.32 Å². The van der Waals surface area contributed by atoms with Gasteiger partial charge in [0.05, 0.1) is 7.11 Å². The van der Waals surface area contributed by atoms with Gasteiger partial charge in [0, 0.05) is 20.9 Å². The van der Waals surface area contributed by atoms with Crippen LogP contribution in [-0.4, -0.2) is 25.0 Å². The standard InChI is InChI=1S/C17H16Br2N2O3/c1-24-15-5-3-2-4-10(15)8-14(16(20)22)21-17(23)11-6-12(18)9-13(19)7-11/h2-7,9,14H,8H2,1H3,(H2,20,22)(H,21,23)/t14-/m0/s1. The highest BCUT2D eigenvalue weighted by atomic mass is 79.9. The van der Waals surface area contributed by atoms with Crippen LogP contribution >= 0.6 is 31.9 Å². The van der Waals surface area contributed by atoms with Crippen molar-refractivity contribution in [2.24, 2.45) is 5.73 Å². The van der Waals surface area contributed by atoms with E-state index >= 15 is 0 Å². The molecule has 1 atom stereocenters. The molecule has 0 saturated heterocycles. The van der Waals surface area contributed by atoms with Crippen LogP contribution in [0, 0.1) is 0 Å². The van der Waals surface area contributed by atoms with Gasteiger partial charge in [-0.2, -0.15) is 0 Å². The molecule has 7 heteroatoms. The van der Waals surface area contributed by atoms with E-state index < -0.39 is 11.9 Å². The lowest BCUT2D eigenvalue weighted by molar-refractivity contribution is -0.119. The Labute approximate surface area is 156 Å². The van der Waals surface area contributed by atoms with Crippen molar-refractivity contribution < 1.29 is 14.3 Å². The van der Waals surface area contributed by atoms with Gasteiger partial charge in [-0.1, -0.05) is 50.1 Å². The average Bonchev–Trinajstić information content (AvgIpc) is 2.53. The maximum Gasteiger partial charge on any atom is 0.252 e. The molecule has 0 aromatic heterocycles. The predicted molar refractivity (Wildman–Crippen MR) is 99.0 cm³/mol. The maximum atomic E-state index is 12.4. The number of nitrogens with one attached hydrogen (secondary N) is 1. The Balaban J connectivity index is 2.19. The Morgan fingerprint density at radius 3 is 2.38 bits per heavy atom. The third-order valence-electron chi connectivity index (χ3n) is 3.39. The highest BCUT2D eigenvalue weighted by molar-refractivity contribution is 9.11. The smallest absolute Gasteiger partial charge is 0.252 e. The van der Waals surface area contributed by atoms with Gasteiger partial charge in [0.1, 0.15) is 11.8 Å². The molecule has 0 fully saturated rings. The molecule has 0 spiro atoms. The van der Waals surface area contributed by atoms with Crippen LogP contribution in [-0.2, 0) is 11.2 Å². The lowest BCUT2D eigenvalue weighted by Gasteiger charge is -2.17. The fraction of sp³-hybridized carbons (Fsp3) is 0.176. The molecule has 5 nitrogen and oxygen atoms in total. The summed E-state index contributed by atoms with van der Waals surface area (Å²) in [6, 6.07) is 11.6. The van der Waals surface area contributed by atoms with Gasteiger partial charge in [0.2, 0.25) is 5.91 Å². The van der Waals surface area contributed by atoms with Gasteiger partial charge in [0.15, 0.2) is 0 Å². The first-order valence-corrected chi connectivity index (χ1v) is 8.67. The molecule has 0 aliphatic heterocycles. The number of benzene rings is 2. The summed E-state index contributed by atoms with van der Waals surface area (Å²) < 4.78 is 6.77. The molecule has 0 saturated carbocycles. The van der Waals surface area contributed by atoms with Crippen LogP contribution in [0.5, 0.6) is 5.75 Å². The topological polar surface area (TPSA) is 81.4 Å². The first-order chi connectivity index (χ1) is 11.4. The molecule has 0 heterocycles. The highest BCUT2D eigenvalue weighted by Gasteiger charge is 2.21. The van der Waals surface area contributed by atoms with Crippen LogP contribution in [0.2, 0.25) is 0 Å². The van der Waals surface area contributed by atoms with Gasteiger partial charge in [-0.05, 0) is 29.8 Å². The molecule has 24 heavy (non-hydrogen) atoms. The second-order valence-electron chi connectivity index (χ2n) is 5.10. The lowest BCUT2D eigenvalue weighted by atomic mass is 10.0. The zero-order valence-electron chi connectivity index (χ0n) is 12.9. The lowest BCUT2D eigenvalue weighted by Crippen LogP contribution is -2.45. The first-order valence-electron chi connectivity index (χ1n) is 7.09. The van der Waals surface area contributed by atoms with Crippen molar-refractivity contribution in [2.45, 2.75) is 12.5 Å². The minimum atomic E-state index is -0.841. The molecule has 3 N–H and O–H groups in total. The minimum Gasteiger partial charge on any atom is -0.496 e. The van der Waals surface area contributed by atoms with Crippen molar-refractivity contribution in [3.8, 4) is 5.75 Å². The fourth-order valence-electron chi connectivity index (χ4n) is 2.24. The van der Waals surface area contributed by atoms with Crippen LogP contribution in [0.25, 0.3) is 0 Å². The fourth-order valence-corrected chi connectivity index (χ4v) is 3.53. The molecule has 0 unspecified atom stereocenters. The zero-order valence-corrected chi connectivity index (χ0v) is 16.1. The van der Waals surface area contributed by atoms with Gasteiger partial charge >= 0.3 is 0 Å². The molecule has 0 aliphatic rings. The summed E-state index contributed by atoms with van der Waals surface area (Å²) in [5, 5.41) is 2.68. The number of hydrogen-bond acceptors (Lipinski definition) is 3. The maximum absolute atomic E-state index is 12.4. The number of carbonyl (C=O) groups excluding carboxylic acids is 2. The van der Waals surface area contributed by atoms with Crippen molar-refractivity contribution in [3.63, 3.8) is 0 Å². The number of para-hydroxylation sites is 1. The summed E-state index contributed by atoms with van der Waals surface area (Å²) in [7, 11) is 1.55. The van der Waals surface area contributed by atoms with Crippen LogP contribution in [0.15, 0.2) is 51.4 Å². The second kappa shape index (κ2) is 8.30. The number of hydrogen-bond donors (Lipinski definition) is 2. The Morgan fingerprint density at radius 1 is 1.17 bits per heavy atom. The first kappa shape index (κ1) is 18.5. The molecule has 2 aromatic carbocycles. The largest absolute Gasteiger partial charge is 0.496 e. The zero-order chi connectivity index (χ0) is 17.7. The molecule has 0 aliphatic carbocycles. The average molecular weight is 456 g/mol. The number of rotatable bonds is 6. The van der Waals surface area contributed by atoms with E-state index in [9.17, 15) is 9.59 Å². The van der Waals surface area contributed by atoms with E-state index in [1.807, 2.05) is 24.3 Å². The molecule has 0 bridgehead atoms. The van der Waals surface area contributed by atoms with Crippen molar-refractivity contribution in [2.75, 3.05) is 7.11 Å². The normalized spacial score (nSPS) is 11.6. The SMILES string of the molecule is COc1ccccc1C[C@H](NC(=O)c1cc(Br)cc(Br)c1)C(N)=O. The third-order valence-corrected chi connectivity index (χ3v) is 4.31.